The van der Waals surface area contributed by atoms with Gasteiger partial charge in [-0.15, -0.1) is 0 Å². The molecule has 0 saturated carbocycles. The molecule has 0 atom stereocenters. The van der Waals surface area contributed by atoms with Crippen LogP contribution in [0.2, 0.25) is 0 Å². The minimum atomic E-state index is 0.105. The summed E-state index contributed by atoms with van der Waals surface area (Å²) >= 11 is 1.21. The van der Waals surface area contributed by atoms with Crippen LogP contribution in [0, 0.1) is 0 Å². The Labute approximate surface area is 73.8 Å². The van der Waals surface area contributed by atoms with Crippen LogP contribution in [0.5, 0.6) is 5.75 Å². The molecule has 2 N–H and O–H groups in total. The number of benzene rings is 1. The van der Waals surface area contributed by atoms with Crippen molar-refractivity contribution < 1.29 is 9.90 Å². The molecule has 1 aromatic rings. The van der Waals surface area contributed by atoms with Gasteiger partial charge in [-0.1, -0.05) is 0 Å². The van der Waals surface area contributed by atoms with Gasteiger partial charge in [0.05, 0.1) is 12.2 Å². The van der Waals surface area contributed by atoms with Crippen LogP contribution in [-0.4, -0.2) is 16.8 Å². The minimum absolute atomic E-state index is 0.105. The zero-order chi connectivity index (χ0) is 8.55. The Morgan fingerprint density at radius 1 is 1.50 bits per heavy atom. The Kier molecular flexibility index (Phi) is 1.69. The zero-order valence-electron chi connectivity index (χ0n) is 6.20. The number of hydrogen-bond donors (Lipinski definition) is 2. The van der Waals surface area contributed by atoms with Crippen LogP contribution in [0.25, 0.3) is 0 Å². The summed E-state index contributed by atoms with van der Waals surface area (Å²) in [7, 11) is 0. The molecule has 0 radical (unpaired) electrons. The Balaban J connectivity index is 2.43. The Hall–Kier alpha value is -1.16. The second kappa shape index (κ2) is 2.71. The maximum Gasteiger partial charge on any atom is 0.212 e. The van der Waals surface area contributed by atoms with Gasteiger partial charge in [-0.3, -0.25) is 4.79 Å². The average Bonchev–Trinajstić information content (AvgIpc) is 2.05. The minimum Gasteiger partial charge on any atom is -0.508 e. The zero-order valence-corrected chi connectivity index (χ0v) is 7.02. The van der Waals surface area contributed by atoms with E-state index in [0.29, 0.717) is 6.54 Å². The molecule has 3 nitrogen and oxygen atoms in total. The number of phenolic OH excluding ortho intramolecular Hbond substituents is 1. The van der Waals surface area contributed by atoms with E-state index in [2.05, 4.69) is 5.32 Å². The van der Waals surface area contributed by atoms with Crippen LogP contribution in [0.15, 0.2) is 23.1 Å². The molecule has 1 aromatic carbocycles. The third-order valence-corrected chi connectivity index (χ3v) is 2.56. The van der Waals surface area contributed by atoms with E-state index < -0.39 is 0 Å². The number of carbonyl (C=O) groups excluding carboxylic acids is 1. The van der Waals surface area contributed by atoms with E-state index in [4.69, 9.17) is 5.11 Å². The fourth-order valence-electron chi connectivity index (χ4n) is 1.07. The van der Waals surface area contributed by atoms with Crippen LogP contribution in [0.4, 0.5) is 5.69 Å². The summed E-state index contributed by atoms with van der Waals surface area (Å²) in [6.45, 7) is 0.334. The summed E-state index contributed by atoms with van der Waals surface area (Å²) in [6, 6.07) is 4.93. The molecule has 0 unspecified atom stereocenters. The van der Waals surface area contributed by atoms with Crippen molar-refractivity contribution in [2.75, 3.05) is 11.9 Å². The van der Waals surface area contributed by atoms with Gasteiger partial charge < -0.3 is 10.4 Å². The normalized spacial score (nSPS) is 15.2. The predicted molar refractivity (Wildman–Crippen MR) is 47.5 cm³/mol. The van der Waals surface area contributed by atoms with Gasteiger partial charge in [0.1, 0.15) is 5.75 Å². The van der Waals surface area contributed by atoms with Crippen LogP contribution in [0.1, 0.15) is 0 Å². The van der Waals surface area contributed by atoms with Crippen LogP contribution < -0.4 is 5.32 Å². The van der Waals surface area contributed by atoms with Gasteiger partial charge in [-0.05, 0) is 23.9 Å². The maximum atomic E-state index is 10.9. The lowest BCUT2D eigenvalue weighted by molar-refractivity contribution is -0.109. The number of anilines is 1. The lowest BCUT2D eigenvalue weighted by Gasteiger charge is -2.15. The molecule has 0 amide bonds. The van der Waals surface area contributed by atoms with Crippen molar-refractivity contribution in [2.24, 2.45) is 0 Å². The fraction of sp³-hybridized carbons (Fsp3) is 0.125. The molecule has 4 heteroatoms. The third kappa shape index (κ3) is 1.25. The summed E-state index contributed by atoms with van der Waals surface area (Å²) in [6.07, 6.45) is 0. The van der Waals surface area contributed by atoms with Crippen LogP contribution in [0.3, 0.4) is 0 Å². The Morgan fingerprint density at radius 3 is 3.17 bits per heavy atom. The monoisotopic (exact) mass is 181 g/mol. The van der Waals surface area contributed by atoms with Crippen molar-refractivity contribution in [3.63, 3.8) is 0 Å². The molecule has 0 bridgehead atoms. The molecule has 1 aliphatic rings. The summed E-state index contributed by atoms with van der Waals surface area (Å²) in [4.78, 5) is 11.8. The fourth-order valence-corrected chi connectivity index (χ4v) is 1.84. The number of thioether (sulfide) groups is 1. The number of aromatic hydroxyl groups is 1. The van der Waals surface area contributed by atoms with E-state index in [0.717, 1.165) is 10.6 Å². The second-order valence-electron chi connectivity index (χ2n) is 2.51. The van der Waals surface area contributed by atoms with Gasteiger partial charge in [-0.2, -0.15) is 0 Å². The summed E-state index contributed by atoms with van der Waals surface area (Å²) in [5.41, 5.74) is 0.833. The number of nitrogens with one attached hydrogen (secondary N) is 1. The molecule has 0 aromatic heterocycles. The smallest absolute Gasteiger partial charge is 0.212 e. The standard InChI is InChI=1S/C8H7NO2S/c10-5-1-2-7-6(3-5)9-4-8(11)12-7/h1-3,9-10H,4H2. The summed E-state index contributed by atoms with van der Waals surface area (Å²) in [5, 5.41) is 12.1. The van der Waals surface area contributed by atoms with E-state index in [1.54, 1.807) is 18.2 Å². The third-order valence-electron chi connectivity index (χ3n) is 1.61. The number of fused-ring (bicyclic) bond motifs is 1. The highest BCUT2D eigenvalue weighted by Crippen LogP contribution is 2.33. The molecule has 0 saturated heterocycles. The van der Waals surface area contributed by atoms with Gasteiger partial charge in [-0.25, -0.2) is 0 Å². The van der Waals surface area contributed by atoms with Crippen LogP contribution >= 0.6 is 11.8 Å². The van der Waals surface area contributed by atoms with Gasteiger partial charge >= 0.3 is 0 Å². The van der Waals surface area contributed by atoms with Gasteiger partial charge in [0.15, 0.2) is 0 Å². The predicted octanol–water partition coefficient (Wildman–Crippen LogP) is 1.44. The van der Waals surface area contributed by atoms with Crippen molar-refractivity contribution in [2.45, 2.75) is 4.90 Å². The first-order valence-electron chi connectivity index (χ1n) is 3.53. The molecular formula is C8H7NO2S. The highest BCUT2D eigenvalue weighted by Gasteiger charge is 2.15. The first-order chi connectivity index (χ1) is 5.75. The van der Waals surface area contributed by atoms with Crippen molar-refractivity contribution in [3.05, 3.63) is 18.2 Å². The van der Waals surface area contributed by atoms with Gasteiger partial charge in [0.2, 0.25) is 5.12 Å². The van der Waals surface area contributed by atoms with E-state index in [-0.39, 0.29) is 10.9 Å². The molecule has 62 valence electrons. The van der Waals surface area contributed by atoms with Crippen molar-refractivity contribution in [1.29, 1.82) is 0 Å². The lowest BCUT2D eigenvalue weighted by Crippen LogP contribution is -2.15. The van der Waals surface area contributed by atoms with Crippen LogP contribution in [-0.2, 0) is 4.79 Å². The van der Waals surface area contributed by atoms with Crippen molar-refractivity contribution in [1.82, 2.24) is 0 Å². The number of phenols is 1. The number of hydrogen-bond acceptors (Lipinski definition) is 4. The first-order valence-corrected chi connectivity index (χ1v) is 4.35. The molecule has 0 fully saturated rings. The SMILES string of the molecule is O=C1CNc2cc(O)ccc2S1. The molecule has 2 rings (SSSR count). The highest BCUT2D eigenvalue weighted by atomic mass is 32.2. The van der Waals surface area contributed by atoms with E-state index in [9.17, 15) is 4.79 Å². The molecule has 1 aliphatic heterocycles. The lowest BCUT2D eigenvalue weighted by atomic mass is 10.3. The van der Waals surface area contributed by atoms with Gasteiger partial charge in [0.25, 0.3) is 0 Å². The average molecular weight is 181 g/mol. The first kappa shape index (κ1) is 7.49. The quantitative estimate of drug-likeness (QED) is 0.635. The second-order valence-corrected chi connectivity index (χ2v) is 3.61. The summed E-state index contributed by atoms with van der Waals surface area (Å²) in [5.74, 6) is 0.219. The number of carbonyl (C=O) groups is 1. The van der Waals surface area contributed by atoms with E-state index in [1.807, 2.05) is 0 Å². The molecule has 12 heavy (non-hydrogen) atoms. The van der Waals surface area contributed by atoms with E-state index >= 15 is 0 Å². The highest BCUT2D eigenvalue weighted by molar-refractivity contribution is 8.14. The van der Waals surface area contributed by atoms with Crippen molar-refractivity contribution in [3.8, 4) is 5.75 Å². The largest absolute Gasteiger partial charge is 0.508 e. The molecule has 0 aliphatic carbocycles. The summed E-state index contributed by atoms with van der Waals surface area (Å²) < 4.78 is 0. The molecule has 0 spiro atoms. The van der Waals surface area contributed by atoms with Crippen molar-refractivity contribution >= 4 is 22.6 Å². The van der Waals surface area contributed by atoms with E-state index in [1.165, 1.54) is 11.8 Å². The molecule has 1 heterocycles. The molecular weight excluding hydrogens is 174 g/mol. The number of rotatable bonds is 0. The maximum absolute atomic E-state index is 10.9. The topological polar surface area (TPSA) is 49.3 Å². The Bertz CT molecular complexity index is 338. The Morgan fingerprint density at radius 2 is 2.33 bits per heavy atom. The van der Waals surface area contributed by atoms with Gasteiger partial charge in [0, 0.05) is 11.0 Å².